The third kappa shape index (κ3) is 6.87. The fraction of sp³-hybridized carbons (Fsp3) is 0.531. The van der Waals surface area contributed by atoms with Crippen molar-refractivity contribution in [2.24, 2.45) is 0 Å². The maximum atomic E-state index is 13.5. The highest BCUT2D eigenvalue weighted by atomic mass is 16.7. The van der Waals surface area contributed by atoms with Crippen molar-refractivity contribution in [1.82, 2.24) is 0 Å². The molecule has 2 fully saturated rings. The minimum Gasteiger partial charge on any atom is -0.507 e. The summed E-state index contributed by atoms with van der Waals surface area (Å²) in [7, 11) is 0. The smallest absolute Gasteiger partial charge is 0.229 e. The normalized spacial score (nSPS) is 34.9. The number of benzene rings is 2. The van der Waals surface area contributed by atoms with E-state index in [0.29, 0.717) is 0 Å². The number of phenolic OH excluding ortho intramolecular Hbond substituents is 1. The van der Waals surface area contributed by atoms with Crippen LogP contribution in [0.15, 0.2) is 42.0 Å². The Labute approximate surface area is 274 Å². The SMILES string of the molecule is CC(C)=CCc1c(O[C@H]2O[C@@H](CO)[C@@H](O)[C@@H](O)[C@@H]2O)cc(O)c2c1O[C@@H](c1ccc(O[C@H]3O[C@@H](CO)[C@H](O)[C@@H](O)[C@H]3O)cc1)[C@H](O)C2=O. The number of phenols is 1. The first-order chi connectivity index (χ1) is 22.8. The number of ether oxygens (including phenoxy) is 5. The summed E-state index contributed by atoms with van der Waals surface area (Å²) in [5, 5.41) is 102. The van der Waals surface area contributed by atoms with Gasteiger partial charge in [0.25, 0.3) is 0 Å². The summed E-state index contributed by atoms with van der Waals surface area (Å²) in [6.45, 7) is 2.29. The molecule has 10 N–H and O–H groups in total. The van der Waals surface area contributed by atoms with Crippen molar-refractivity contribution in [2.45, 2.75) is 93.9 Å². The molecule has 0 unspecified atom stereocenters. The summed E-state index contributed by atoms with van der Waals surface area (Å²) in [5.74, 6) is -1.60. The second kappa shape index (κ2) is 14.6. The highest BCUT2D eigenvalue weighted by molar-refractivity contribution is 6.06. The van der Waals surface area contributed by atoms with Crippen molar-refractivity contribution < 1.29 is 79.5 Å². The third-order valence-electron chi connectivity index (χ3n) is 8.48. The maximum Gasteiger partial charge on any atom is 0.229 e. The number of ketones is 1. The van der Waals surface area contributed by atoms with Gasteiger partial charge in [0, 0.05) is 11.6 Å². The predicted octanol–water partition coefficient (Wildman–Crippen LogP) is -2.06. The lowest BCUT2D eigenvalue weighted by molar-refractivity contribution is -0.277. The topological polar surface area (TPSA) is 266 Å². The molecule has 2 aromatic carbocycles. The van der Waals surface area contributed by atoms with Gasteiger partial charge in [-0.25, -0.2) is 0 Å². The second-order valence-electron chi connectivity index (χ2n) is 12.1. The summed E-state index contributed by atoms with van der Waals surface area (Å²) >= 11 is 0. The number of fused-ring (bicyclic) bond motifs is 1. The van der Waals surface area contributed by atoms with Crippen LogP contribution >= 0.6 is 0 Å². The molecule has 5 rings (SSSR count). The van der Waals surface area contributed by atoms with Gasteiger partial charge in [0.15, 0.2) is 12.2 Å². The Balaban J connectivity index is 1.45. The maximum absolute atomic E-state index is 13.5. The molecule has 3 heterocycles. The molecule has 12 atom stereocenters. The van der Waals surface area contributed by atoms with Crippen molar-refractivity contribution in [1.29, 1.82) is 0 Å². The highest BCUT2D eigenvalue weighted by Crippen LogP contribution is 2.47. The summed E-state index contributed by atoms with van der Waals surface area (Å²) in [6.07, 6.45) is -16.7. The number of Topliss-reactive ketones (excluding diaryl/α,β-unsaturated/α-hetero) is 1. The van der Waals surface area contributed by atoms with E-state index in [1.807, 2.05) is 13.8 Å². The van der Waals surface area contributed by atoms with Gasteiger partial charge >= 0.3 is 0 Å². The van der Waals surface area contributed by atoms with Gasteiger partial charge in [-0.1, -0.05) is 23.8 Å². The van der Waals surface area contributed by atoms with Gasteiger partial charge in [0.2, 0.25) is 18.4 Å². The summed E-state index contributed by atoms with van der Waals surface area (Å²) in [5.41, 5.74) is 1.05. The van der Waals surface area contributed by atoms with E-state index in [-0.39, 0.29) is 40.4 Å². The van der Waals surface area contributed by atoms with E-state index in [1.54, 1.807) is 6.08 Å². The average Bonchev–Trinajstić information content (AvgIpc) is 3.06. The van der Waals surface area contributed by atoms with Gasteiger partial charge in [0.1, 0.15) is 77.4 Å². The molecule has 0 saturated carbocycles. The fourth-order valence-corrected chi connectivity index (χ4v) is 5.69. The van der Waals surface area contributed by atoms with E-state index in [9.17, 15) is 55.9 Å². The molecular weight excluding hydrogens is 640 g/mol. The molecule has 0 aromatic heterocycles. The van der Waals surface area contributed by atoms with Crippen LogP contribution in [0, 0.1) is 0 Å². The average molecular weight is 681 g/mol. The Morgan fingerprint density at radius 3 is 1.85 bits per heavy atom. The molecule has 0 spiro atoms. The van der Waals surface area contributed by atoms with Crippen LogP contribution in [0.2, 0.25) is 0 Å². The van der Waals surface area contributed by atoms with Crippen LogP contribution in [-0.4, -0.2) is 138 Å². The zero-order valence-electron chi connectivity index (χ0n) is 25.9. The van der Waals surface area contributed by atoms with E-state index < -0.39 is 98.4 Å². The molecule has 0 amide bonds. The summed E-state index contributed by atoms with van der Waals surface area (Å²) in [4.78, 5) is 13.5. The van der Waals surface area contributed by atoms with E-state index in [1.165, 1.54) is 24.3 Å². The number of aromatic hydroxyl groups is 1. The van der Waals surface area contributed by atoms with Crippen LogP contribution < -0.4 is 14.2 Å². The number of carbonyl (C=O) groups is 1. The molecule has 3 aliphatic heterocycles. The van der Waals surface area contributed by atoms with Crippen LogP contribution in [0.3, 0.4) is 0 Å². The van der Waals surface area contributed by atoms with Gasteiger partial charge in [-0.15, -0.1) is 0 Å². The van der Waals surface area contributed by atoms with Crippen molar-refractivity contribution in [2.75, 3.05) is 13.2 Å². The van der Waals surface area contributed by atoms with Crippen LogP contribution in [0.4, 0.5) is 0 Å². The third-order valence-corrected chi connectivity index (χ3v) is 8.48. The van der Waals surface area contributed by atoms with Crippen molar-refractivity contribution in [3.05, 3.63) is 58.7 Å². The number of aliphatic hydroxyl groups is 9. The zero-order valence-corrected chi connectivity index (χ0v) is 25.9. The van der Waals surface area contributed by atoms with Gasteiger partial charge in [-0.2, -0.15) is 0 Å². The largest absolute Gasteiger partial charge is 0.507 e. The number of rotatable bonds is 9. The van der Waals surface area contributed by atoms with Crippen molar-refractivity contribution in [3.8, 4) is 23.0 Å². The summed E-state index contributed by atoms with van der Waals surface area (Å²) in [6, 6.07) is 6.80. The van der Waals surface area contributed by atoms with Crippen LogP contribution in [0.25, 0.3) is 0 Å². The predicted molar refractivity (Wildman–Crippen MR) is 160 cm³/mol. The number of carbonyl (C=O) groups excluding carboxylic acids is 1. The molecule has 264 valence electrons. The van der Waals surface area contributed by atoms with E-state index in [2.05, 4.69) is 0 Å². The quantitative estimate of drug-likeness (QED) is 0.128. The Morgan fingerprint density at radius 1 is 0.792 bits per heavy atom. The van der Waals surface area contributed by atoms with Crippen molar-refractivity contribution >= 4 is 5.78 Å². The Kier molecular flexibility index (Phi) is 10.9. The van der Waals surface area contributed by atoms with Crippen molar-refractivity contribution in [3.63, 3.8) is 0 Å². The lowest BCUT2D eigenvalue weighted by Crippen LogP contribution is -2.60. The number of hydrogen-bond acceptors (Lipinski definition) is 16. The molecule has 0 radical (unpaired) electrons. The van der Waals surface area contributed by atoms with Gasteiger partial charge in [-0.3, -0.25) is 4.79 Å². The molecular formula is C32H40O16. The Hall–Kier alpha value is -3.39. The second-order valence-corrected chi connectivity index (χ2v) is 12.1. The lowest BCUT2D eigenvalue weighted by Gasteiger charge is -2.40. The molecule has 2 aromatic rings. The van der Waals surface area contributed by atoms with E-state index in [0.717, 1.165) is 11.6 Å². The zero-order chi connectivity index (χ0) is 35.0. The number of allylic oxidation sites excluding steroid dienone is 2. The van der Waals surface area contributed by atoms with Gasteiger partial charge < -0.3 is 74.7 Å². The van der Waals surface area contributed by atoms with Gasteiger partial charge in [-0.05, 0) is 38.0 Å². The molecule has 2 saturated heterocycles. The first-order valence-corrected chi connectivity index (χ1v) is 15.2. The Bertz CT molecular complexity index is 1470. The van der Waals surface area contributed by atoms with Crippen LogP contribution in [-0.2, 0) is 15.9 Å². The first kappa shape index (κ1) is 35.9. The first-order valence-electron chi connectivity index (χ1n) is 15.2. The number of hydrogen-bond donors (Lipinski definition) is 10. The standard InChI is InChI=1S/C32H40O16/c1-12(2)3-8-15-17(45-32-28(43)25(40)22(37)19(11-34)47-32)9-16(35)20-23(38)26(41)29(48-30(15)20)13-4-6-14(7-5-13)44-31-27(42)24(39)21(36)18(10-33)46-31/h3-7,9,18-19,21-22,24-29,31-37,39-43H,8,10-11H2,1-2H3/t18-,19-,21-,22+,24+,25+,26+,27+,28-,29-,31-,32-/m0/s1. The fourth-order valence-electron chi connectivity index (χ4n) is 5.69. The lowest BCUT2D eigenvalue weighted by atomic mass is 9.90. The van der Waals surface area contributed by atoms with Crippen LogP contribution in [0.1, 0.15) is 41.4 Å². The minimum atomic E-state index is -1.77. The van der Waals surface area contributed by atoms with Gasteiger partial charge in [0.05, 0.1) is 13.2 Å². The summed E-state index contributed by atoms with van der Waals surface area (Å²) < 4.78 is 28.5. The highest BCUT2D eigenvalue weighted by Gasteiger charge is 2.47. The van der Waals surface area contributed by atoms with Crippen LogP contribution in [0.5, 0.6) is 23.0 Å². The molecule has 0 aliphatic carbocycles. The molecule has 16 nitrogen and oxygen atoms in total. The molecule has 48 heavy (non-hydrogen) atoms. The monoisotopic (exact) mass is 680 g/mol. The minimum absolute atomic E-state index is 0.0830. The van der Waals surface area contributed by atoms with E-state index in [4.69, 9.17) is 23.7 Å². The Morgan fingerprint density at radius 2 is 1.33 bits per heavy atom. The molecule has 16 heteroatoms. The molecule has 3 aliphatic rings. The molecule has 0 bridgehead atoms. The number of aliphatic hydroxyl groups excluding tert-OH is 9. The van der Waals surface area contributed by atoms with E-state index >= 15 is 0 Å².